The van der Waals surface area contributed by atoms with Gasteiger partial charge in [0.2, 0.25) is 0 Å². The maximum absolute atomic E-state index is 10.8. The van der Waals surface area contributed by atoms with Crippen molar-refractivity contribution < 1.29 is 14.6 Å². The van der Waals surface area contributed by atoms with Gasteiger partial charge in [0.15, 0.2) is 0 Å². The van der Waals surface area contributed by atoms with Gasteiger partial charge in [-0.25, -0.2) is 4.79 Å². The Labute approximate surface area is 120 Å². The molecule has 18 heavy (non-hydrogen) atoms. The lowest BCUT2D eigenvalue weighted by Gasteiger charge is -2.07. The average Bonchev–Trinajstić information content (AvgIpc) is 2.28. The molecule has 0 aliphatic heterocycles. The van der Waals surface area contributed by atoms with Crippen LogP contribution >= 0.6 is 31.9 Å². The summed E-state index contributed by atoms with van der Waals surface area (Å²) in [6, 6.07) is 6.44. The van der Waals surface area contributed by atoms with E-state index in [4.69, 9.17) is 9.84 Å². The van der Waals surface area contributed by atoms with Crippen molar-refractivity contribution >= 4 is 37.8 Å². The zero-order valence-corrected chi connectivity index (χ0v) is 12.1. The second-order valence-corrected chi connectivity index (χ2v) is 5.16. The van der Waals surface area contributed by atoms with Gasteiger partial charge < -0.3 is 9.84 Å². The number of carboxylic acid groups (broad SMARTS) is 1. The minimum Gasteiger partial charge on any atom is -0.478 e. The molecule has 6 heteroatoms. The lowest BCUT2D eigenvalue weighted by Crippen LogP contribution is -1.97. The van der Waals surface area contributed by atoms with Gasteiger partial charge in [-0.15, -0.1) is 0 Å². The molecule has 1 aromatic carbocycles. The van der Waals surface area contributed by atoms with Crippen molar-refractivity contribution in [3.05, 3.63) is 51.2 Å². The van der Waals surface area contributed by atoms with Gasteiger partial charge in [-0.2, -0.15) is 0 Å². The molecule has 2 aromatic rings. The molecule has 0 spiro atoms. The third kappa shape index (κ3) is 3.08. The number of hydrogen-bond acceptors (Lipinski definition) is 3. The van der Waals surface area contributed by atoms with Crippen LogP contribution in [0, 0.1) is 0 Å². The van der Waals surface area contributed by atoms with Crippen molar-refractivity contribution in [2.75, 3.05) is 0 Å². The number of aromatic carboxylic acids is 1. The molecule has 0 saturated carbocycles. The molecule has 0 fully saturated rings. The van der Waals surface area contributed by atoms with E-state index in [0.717, 1.165) is 4.47 Å². The van der Waals surface area contributed by atoms with E-state index in [1.54, 1.807) is 30.6 Å². The fourth-order valence-electron chi connectivity index (χ4n) is 1.32. The van der Waals surface area contributed by atoms with Gasteiger partial charge in [-0.1, -0.05) is 0 Å². The van der Waals surface area contributed by atoms with Gasteiger partial charge in [0, 0.05) is 15.1 Å². The molecule has 0 aliphatic carbocycles. The van der Waals surface area contributed by atoms with E-state index < -0.39 is 5.97 Å². The third-order valence-electron chi connectivity index (χ3n) is 2.09. The first-order valence-corrected chi connectivity index (χ1v) is 6.46. The zero-order valence-electron chi connectivity index (χ0n) is 8.93. The predicted octanol–water partition coefficient (Wildman–Crippen LogP) is 4.10. The van der Waals surface area contributed by atoms with E-state index in [0.29, 0.717) is 16.0 Å². The molecule has 4 nitrogen and oxygen atoms in total. The quantitative estimate of drug-likeness (QED) is 0.881. The van der Waals surface area contributed by atoms with E-state index >= 15 is 0 Å². The Kier molecular flexibility index (Phi) is 3.98. The highest BCUT2D eigenvalue weighted by Gasteiger charge is 2.09. The molecule has 0 aliphatic rings. The van der Waals surface area contributed by atoms with Crippen molar-refractivity contribution in [3.63, 3.8) is 0 Å². The highest BCUT2D eigenvalue weighted by molar-refractivity contribution is 9.10. The van der Waals surface area contributed by atoms with E-state index in [1.807, 2.05) is 0 Å². The largest absolute Gasteiger partial charge is 0.478 e. The van der Waals surface area contributed by atoms with Crippen molar-refractivity contribution in [1.29, 1.82) is 0 Å². The first-order chi connectivity index (χ1) is 8.56. The van der Waals surface area contributed by atoms with Gasteiger partial charge in [0.25, 0.3) is 0 Å². The smallest absolute Gasteiger partial charge is 0.336 e. The maximum Gasteiger partial charge on any atom is 0.336 e. The molecule has 0 saturated heterocycles. The Balaban J connectivity index is 2.25. The number of rotatable bonds is 3. The molecule has 0 bridgehead atoms. The number of ether oxygens (including phenoxy) is 1. The van der Waals surface area contributed by atoms with Crippen LogP contribution in [0.1, 0.15) is 10.4 Å². The van der Waals surface area contributed by atoms with Gasteiger partial charge in [-0.3, -0.25) is 4.98 Å². The number of aromatic nitrogens is 1. The van der Waals surface area contributed by atoms with Crippen LogP contribution in [0.5, 0.6) is 11.5 Å². The molecule has 0 amide bonds. The second kappa shape index (κ2) is 5.49. The van der Waals surface area contributed by atoms with Crippen LogP contribution in [0.2, 0.25) is 0 Å². The monoisotopic (exact) mass is 371 g/mol. The average molecular weight is 373 g/mol. The Morgan fingerprint density at radius 2 is 1.94 bits per heavy atom. The lowest BCUT2D eigenvalue weighted by molar-refractivity contribution is 0.0696. The number of halogens is 2. The molecular weight excluding hydrogens is 366 g/mol. The van der Waals surface area contributed by atoms with Crippen LogP contribution in [-0.4, -0.2) is 16.1 Å². The number of pyridine rings is 1. The van der Waals surface area contributed by atoms with E-state index in [9.17, 15) is 4.79 Å². The Hall–Kier alpha value is -1.40. The van der Waals surface area contributed by atoms with Gasteiger partial charge in [0.1, 0.15) is 11.5 Å². The fraction of sp³-hybridized carbons (Fsp3) is 0. The van der Waals surface area contributed by atoms with Crippen molar-refractivity contribution in [1.82, 2.24) is 4.98 Å². The summed E-state index contributed by atoms with van der Waals surface area (Å²) in [6.07, 6.45) is 3.22. The van der Waals surface area contributed by atoms with Crippen LogP contribution in [0.4, 0.5) is 0 Å². The highest BCUT2D eigenvalue weighted by Crippen LogP contribution is 2.27. The van der Waals surface area contributed by atoms with E-state index in [-0.39, 0.29) is 5.56 Å². The lowest BCUT2D eigenvalue weighted by atomic mass is 10.2. The Bertz CT molecular complexity index is 602. The molecule has 1 N–H and O–H groups in total. The molecule has 92 valence electrons. The summed E-state index contributed by atoms with van der Waals surface area (Å²) in [5.41, 5.74) is 0.190. The Morgan fingerprint density at radius 1 is 1.17 bits per heavy atom. The minimum absolute atomic E-state index is 0.190. The maximum atomic E-state index is 10.8. The summed E-state index contributed by atoms with van der Waals surface area (Å²) in [7, 11) is 0. The van der Waals surface area contributed by atoms with Gasteiger partial charge in [-0.05, 0) is 56.1 Å². The molecule has 0 unspecified atom stereocenters. The topological polar surface area (TPSA) is 59.4 Å². The number of hydrogen-bond donors (Lipinski definition) is 1. The predicted molar refractivity (Wildman–Crippen MR) is 73.1 cm³/mol. The van der Waals surface area contributed by atoms with Crippen LogP contribution in [0.25, 0.3) is 0 Å². The summed E-state index contributed by atoms with van der Waals surface area (Å²) in [5.74, 6) is 0.115. The zero-order chi connectivity index (χ0) is 13.1. The number of nitrogens with zero attached hydrogens (tertiary/aromatic N) is 1. The number of benzene rings is 1. The summed E-state index contributed by atoms with van der Waals surface area (Å²) < 4.78 is 6.83. The van der Waals surface area contributed by atoms with Crippen LogP contribution in [-0.2, 0) is 0 Å². The summed E-state index contributed by atoms with van der Waals surface area (Å²) in [6.45, 7) is 0. The van der Waals surface area contributed by atoms with E-state index in [1.165, 1.54) is 6.07 Å². The molecule has 2 rings (SSSR count). The minimum atomic E-state index is -0.988. The molecule has 1 heterocycles. The first kappa shape index (κ1) is 13.0. The summed E-state index contributed by atoms with van der Waals surface area (Å²) in [4.78, 5) is 14.8. The Morgan fingerprint density at radius 3 is 2.56 bits per heavy atom. The van der Waals surface area contributed by atoms with Crippen LogP contribution in [0.15, 0.2) is 45.6 Å². The van der Waals surface area contributed by atoms with Gasteiger partial charge in [0.05, 0.1) is 11.8 Å². The highest BCUT2D eigenvalue weighted by atomic mass is 79.9. The molecule has 1 aromatic heterocycles. The van der Waals surface area contributed by atoms with E-state index in [2.05, 4.69) is 36.8 Å². The van der Waals surface area contributed by atoms with Gasteiger partial charge >= 0.3 is 5.97 Å². The number of carboxylic acids is 1. The first-order valence-electron chi connectivity index (χ1n) is 4.87. The molecule has 0 atom stereocenters. The second-order valence-electron chi connectivity index (χ2n) is 3.39. The van der Waals surface area contributed by atoms with Crippen LogP contribution in [0.3, 0.4) is 0 Å². The number of carbonyl (C=O) groups is 1. The van der Waals surface area contributed by atoms with Crippen molar-refractivity contribution in [3.8, 4) is 11.5 Å². The summed E-state index contributed by atoms with van der Waals surface area (Å²) in [5, 5.41) is 8.90. The van der Waals surface area contributed by atoms with Crippen molar-refractivity contribution in [2.24, 2.45) is 0 Å². The van der Waals surface area contributed by atoms with Crippen LogP contribution < -0.4 is 4.74 Å². The standard InChI is InChI=1S/C12H7Br2NO3/c13-7-3-9(6-15-5-7)18-8-1-2-10(12(16)17)11(14)4-8/h1-6H,(H,16,17). The SMILES string of the molecule is O=C(O)c1ccc(Oc2cncc(Br)c2)cc1Br. The third-order valence-corrected chi connectivity index (χ3v) is 3.18. The normalized spacial score (nSPS) is 10.1. The molecule has 0 radical (unpaired) electrons. The van der Waals surface area contributed by atoms with Crippen molar-refractivity contribution in [2.45, 2.75) is 0 Å². The fourth-order valence-corrected chi connectivity index (χ4v) is 2.19. The molecular formula is C12H7Br2NO3. The summed E-state index contributed by atoms with van der Waals surface area (Å²) >= 11 is 6.48.